The lowest BCUT2D eigenvalue weighted by atomic mass is 10.1. The number of carbonyl (C=O) groups is 3. The standard InChI is InChI=1S/C25H28ClN3O4/c1-2-33-25(32)12-9-19-7-10-21(11-8-19)27-23(30)18-28-13-15-29(16-14-28)24(31)17-20-5-3-4-6-22(20)26/h3-12H,2,13-18H2,1H3,(H,27,30)/b12-9+. The monoisotopic (exact) mass is 469 g/mol. The van der Waals surface area contributed by atoms with Crippen LogP contribution in [0.2, 0.25) is 5.02 Å². The largest absolute Gasteiger partial charge is 0.463 e. The molecule has 1 N–H and O–H groups in total. The molecule has 8 heteroatoms. The lowest BCUT2D eigenvalue weighted by Crippen LogP contribution is -2.50. The van der Waals surface area contributed by atoms with Crippen molar-refractivity contribution in [3.63, 3.8) is 0 Å². The number of carbonyl (C=O) groups excluding carboxylic acids is 3. The Balaban J connectivity index is 1.41. The number of ether oxygens (including phenoxy) is 1. The van der Waals surface area contributed by atoms with Gasteiger partial charge in [-0.3, -0.25) is 14.5 Å². The van der Waals surface area contributed by atoms with Crippen LogP contribution in [0.15, 0.2) is 54.6 Å². The number of halogens is 1. The van der Waals surface area contributed by atoms with Crippen LogP contribution in [0.25, 0.3) is 6.08 Å². The van der Waals surface area contributed by atoms with Crippen LogP contribution in [0, 0.1) is 0 Å². The van der Waals surface area contributed by atoms with Crippen molar-refractivity contribution in [3.8, 4) is 0 Å². The Hall–Kier alpha value is -3.16. The number of hydrogen-bond acceptors (Lipinski definition) is 5. The van der Waals surface area contributed by atoms with Crippen LogP contribution in [0.4, 0.5) is 5.69 Å². The average Bonchev–Trinajstić information content (AvgIpc) is 2.81. The quantitative estimate of drug-likeness (QED) is 0.474. The van der Waals surface area contributed by atoms with Gasteiger partial charge in [0, 0.05) is 43.0 Å². The van der Waals surface area contributed by atoms with E-state index in [1.165, 1.54) is 6.08 Å². The van der Waals surface area contributed by atoms with Gasteiger partial charge in [-0.1, -0.05) is 41.9 Å². The predicted molar refractivity (Wildman–Crippen MR) is 129 cm³/mol. The number of benzene rings is 2. The molecule has 1 aliphatic heterocycles. The van der Waals surface area contributed by atoms with Crippen molar-refractivity contribution < 1.29 is 19.1 Å². The number of anilines is 1. The topological polar surface area (TPSA) is 79.0 Å². The predicted octanol–water partition coefficient (Wildman–Crippen LogP) is 3.24. The lowest BCUT2D eigenvalue weighted by Gasteiger charge is -2.34. The number of nitrogens with zero attached hydrogens (tertiary/aromatic N) is 2. The molecule has 3 rings (SSSR count). The van der Waals surface area contributed by atoms with Crippen LogP contribution < -0.4 is 5.32 Å². The molecule has 7 nitrogen and oxygen atoms in total. The molecule has 0 aromatic heterocycles. The number of rotatable bonds is 8. The smallest absolute Gasteiger partial charge is 0.330 e. The summed E-state index contributed by atoms with van der Waals surface area (Å²) in [5, 5.41) is 3.48. The van der Waals surface area contributed by atoms with Crippen molar-refractivity contribution in [3.05, 3.63) is 70.8 Å². The summed E-state index contributed by atoms with van der Waals surface area (Å²) >= 11 is 6.16. The maximum atomic E-state index is 12.6. The summed E-state index contributed by atoms with van der Waals surface area (Å²) in [5.74, 6) is -0.453. The fourth-order valence-corrected chi connectivity index (χ4v) is 3.71. The van der Waals surface area contributed by atoms with Gasteiger partial charge >= 0.3 is 5.97 Å². The third kappa shape index (κ3) is 7.73. The van der Waals surface area contributed by atoms with Crippen LogP contribution >= 0.6 is 11.6 Å². The van der Waals surface area contributed by atoms with E-state index in [0.717, 1.165) is 11.1 Å². The Morgan fingerprint density at radius 1 is 1.03 bits per heavy atom. The van der Waals surface area contributed by atoms with Gasteiger partial charge in [-0.15, -0.1) is 0 Å². The van der Waals surface area contributed by atoms with E-state index in [4.69, 9.17) is 16.3 Å². The molecule has 2 aromatic carbocycles. The molecule has 1 aliphatic rings. The van der Waals surface area contributed by atoms with E-state index in [2.05, 4.69) is 5.32 Å². The summed E-state index contributed by atoms with van der Waals surface area (Å²) in [6, 6.07) is 14.6. The van der Waals surface area contributed by atoms with Crippen LogP contribution in [-0.2, 0) is 25.5 Å². The fourth-order valence-electron chi connectivity index (χ4n) is 3.51. The maximum Gasteiger partial charge on any atom is 0.330 e. The number of piperazine rings is 1. The van der Waals surface area contributed by atoms with Gasteiger partial charge in [-0.25, -0.2) is 4.79 Å². The minimum atomic E-state index is -0.388. The highest BCUT2D eigenvalue weighted by Gasteiger charge is 2.23. The van der Waals surface area contributed by atoms with E-state index in [9.17, 15) is 14.4 Å². The molecule has 1 heterocycles. The molecule has 0 bridgehead atoms. The molecule has 2 aromatic rings. The Labute approximate surface area is 199 Å². The number of esters is 1. The molecule has 2 amide bonds. The molecule has 0 aliphatic carbocycles. The zero-order valence-electron chi connectivity index (χ0n) is 18.6. The van der Waals surface area contributed by atoms with Gasteiger partial charge in [0.2, 0.25) is 11.8 Å². The molecule has 1 saturated heterocycles. The van der Waals surface area contributed by atoms with Crippen molar-refractivity contribution in [2.75, 3.05) is 44.6 Å². The molecular formula is C25H28ClN3O4. The van der Waals surface area contributed by atoms with E-state index < -0.39 is 0 Å². The Morgan fingerprint density at radius 2 is 1.73 bits per heavy atom. The molecule has 0 spiro atoms. The third-order valence-electron chi connectivity index (χ3n) is 5.28. The minimum absolute atomic E-state index is 0.0456. The van der Waals surface area contributed by atoms with Gasteiger partial charge in [0.1, 0.15) is 0 Å². The maximum absolute atomic E-state index is 12.6. The first-order chi connectivity index (χ1) is 15.9. The van der Waals surface area contributed by atoms with Gasteiger partial charge in [-0.05, 0) is 42.3 Å². The molecule has 33 heavy (non-hydrogen) atoms. The van der Waals surface area contributed by atoms with Crippen molar-refractivity contribution >= 4 is 41.1 Å². The van der Waals surface area contributed by atoms with E-state index in [1.54, 1.807) is 31.2 Å². The summed E-state index contributed by atoms with van der Waals surface area (Å²) in [4.78, 5) is 40.2. The van der Waals surface area contributed by atoms with Gasteiger partial charge in [0.15, 0.2) is 0 Å². The Kier molecular flexibility index (Phi) is 9.04. The molecule has 0 radical (unpaired) electrons. The Morgan fingerprint density at radius 3 is 2.39 bits per heavy atom. The van der Waals surface area contributed by atoms with Crippen molar-refractivity contribution in [2.24, 2.45) is 0 Å². The van der Waals surface area contributed by atoms with Crippen LogP contribution in [0.3, 0.4) is 0 Å². The van der Waals surface area contributed by atoms with E-state index in [-0.39, 0.29) is 30.7 Å². The average molecular weight is 470 g/mol. The summed E-state index contributed by atoms with van der Waals surface area (Å²) in [5.41, 5.74) is 2.34. The second-order valence-corrected chi connectivity index (χ2v) is 8.09. The molecule has 0 atom stereocenters. The van der Waals surface area contributed by atoms with E-state index >= 15 is 0 Å². The second-order valence-electron chi connectivity index (χ2n) is 7.68. The third-order valence-corrected chi connectivity index (χ3v) is 5.65. The molecule has 0 saturated carbocycles. The molecule has 0 unspecified atom stereocenters. The first kappa shape index (κ1) is 24.5. The SMILES string of the molecule is CCOC(=O)/C=C/c1ccc(NC(=O)CN2CCN(C(=O)Cc3ccccc3Cl)CC2)cc1. The highest BCUT2D eigenvalue weighted by atomic mass is 35.5. The highest BCUT2D eigenvalue weighted by Crippen LogP contribution is 2.17. The van der Waals surface area contributed by atoms with Gasteiger partial charge < -0.3 is 15.0 Å². The normalized spacial score (nSPS) is 14.3. The second kappa shape index (κ2) is 12.2. The summed E-state index contributed by atoms with van der Waals surface area (Å²) in [6.07, 6.45) is 3.32. The molecule has 174 valence electrons. The molecular weight excluding hydrogens is 442 g/mol. The van der Waals surface area contributed by atoms with E-state index in [0.29, 0.717) is 43.5 Å². The van der Waals surface area contributed by atoms with Gasteiger partial charge in [-0.2, -0.15) is 0 Å². The van der Waals surface area contributed by atoms with Gasteiger partial charge in [0.05, 0.1) is 19.6 Å². The van der Waals surface area contributed by atoms with Crippen molar-refractivity contribution in [2.45, 2.75) is 13.3 Å². The summed E-state index contributed by atoms with van der Waals surface area (Å²) in [7, 11) is 0. The minimum Gasteiger partial charge on any atom is -0.463 e. The van der Waals surface area contributed by atoms with Crippen LogP contribution in [-0.4, -0.2) is 66.9 Å². The summed E-state index contributed by atoms with van der Waals surface area (Å²) in [6.45, 7) is 4.79. The zero-order valence-corrected chi connectivity index (χ0v) is 19.4. The first-order valence-corrected chi connectivity index (χ1v) is 11.3. The van der Waals surface area contributed by atoms with E-state index in [1.807, 2.05) is 40.1 Å². The highest BCUT2D eigenvalue weighted by molar-refractivity contribution is 6.31. The van der Waals surface area contributed by atoms with Crippen molar-refractivity contribution in [1.82, 2.24) is 9.80 Å². The number of nitrogens with one attached hydrogen (secondary N) is 1. The first-order valence-electron chi connectivity index (χ1n) is 10.9. The summed E-state index contributed by atoms with van der Waals surface area (Å²) < 4.78 is 4.85. The fraction of sp³-hybridized carbons (Fsp3) is 0.320. The van der Waals surface area contributed by atoms with Crippen LogP contribution in [0.5, 0.6) is 0 Å². The number of hydrogen-bond donors (Lipinski definition) is 1. The van der Waals surface area contributed by atoms with Gasteiger partial charge in [0.25, 0.3) is 0 Å². The Bertz CT molecular complexity index is 999. The van der Waals surface area contributed by atoms with Crippen molar-refractivity contribution in [1.29, 1.82) is 0 Å². The molecule has 1 fully saturated rings. The van der Waals surface area contributed by atoms with Crippen LogP contribution in [0.1, 0.15) is 18.1 Å². The zero-order chi connectivity index (χ0) is 23.6. The number of amides is 2. The lowest BCUT2D eigenvalue weighted by molar-refractivity contribution is -0.137.